The van der Waals surface area contributed by atoms with Crippen LogP contribution in [0.2, 0.25) is 0 Å². The second-order valence-electron chi connectivity index (χ2n) is 4.82. The second-order valence-corrected chi connectivity index (χ2v) is 4.82. The molecule has 6 nitrogen and oxygen atoms in total. The maximum atomic E-state index is 11.8. The van der Waals surface area contributed by atoms with Crippen LogP contribution < -0.4 is 16.0 Å². The Kier molecular flexibility index (Phi) is 5.34. The van der Waals surface area contributed by atoms with E-state index in [1.54, 1.807) is 12.4 Å². The van der Waals surface area contributed by atoms with Crippen molar-refractivity contribution in [1.29, 1.82) is 0 Å². The summed E-state index contributed by atoms with van der Waals surface area (Å²) in [7, 11) is 0. The largest absolute Gasteiger partial charge is 0.334 e. The van der Waals surface area contributed by atoms with Crippen molar-refractivity contribution >= 4 is 11.7 Å². The van der Waals surface area contributed by atoms with Gasteiger partial charge in [-0.25, -0.2) is 4.79 Å². The molecule has 1 aromatic carbocycles. The molecule has 0 aliphatic rings. The molecule has 0 aliphatic heterocycles. The van der Waals surface area contributed by atoms with Gasteiger partial charge in [0, 0.05) is 30.0 Å². The van der Waals surface area contributed by atoms with Crippen LogP contribution in [0.5, 0.6) is 0 Å². The Labute approximate surface area is 124 Å². The molecule has 0 fully saturated rings. The molecule has 1 atom stereocenters. The van der Waals surface area contributed by atoms with Gasteiger partial charge in [-0.3, -0.25) is 5.10 Å². The minimum Gasteiger partial charge on any atom is -0.334 e. The molecule has 0 bridgehead atoms. The maximum Gasteiger partial charge on any atom is 0.319 e. The van der Waals surface area contributed by atoms with E-state index in [0.717, 1.165) is 17.8 Å². The van der Waals surface area contributed by atoms with Crippen molar-refractivity contribution in [2.24, 2.45) is 0 Å². The third-order valence-electron chi connectivity index (χ3n) is 3.19. The number of anilines is 1. The van der Waals surface area contributed by atoms with Gasteiger partial charge in [0.05, 0.1) is 6.20 Å². The molecule has 1 aromatic heterocycles. The van der Waals surface area contributed by atoms with Gasteiger partial charge in [-0.2, -0.15) is 5.10 Å². The quantitative estimate of drug-likeness (QED) is 0.658. The number of H-pyrrole nitrogens is 1. The highest BCUT2D eigenvalue weighted by molar-refractivity contribution is 5.89. The number of amides is 2. The zero-order chi connectivity index (χ0) is 15.1. The van der Waals surface area contributed by atoms with Crippen LogP contribution in [-0.2, 0) is 6.54 Å². The first kappa shape index (κ1) is 15.1. The van der Waals surface area contributed by atoms with E-state index in [9.17, 15) is 4.79 Å². The molecule has 6 heteroatoms. The van der Waals surface area contributed by atoms with Gasteiger partial charge in [0.1, 0.15) is 0 Å². The van der Waals surface area contributed by atoms with Crippen molar-refractivity contribution < 1.29 is 4.79 Å². The molecule has 0 spiro atoms. The van der Waals surface area contributed by atoms with E-state index >= 15 is 0 Å². The van der Waals surface area contributed by atoms with Crippen LogP contribution in [0.3, 0.4) is 0 Å². The second kappa shape index (κ2) is 7.44. The molecule has 1 heterocycles. The predicted octanol–water partition coefficient (Wildman–Crippen LogP) is 2.40. The van der Waals surface area contributed by atoms with Gasteiger partial charge in [-0.1, -0.05) is 19.1 Å². The number of aromatic nitrogens is 2. The number of nitrogens with one attached hydrogen (secondary N) is 4. The number of hydrogen-bond donors (Lipinski definition) is 4. The summed E-state index contributed by atoms with van der Waals surface area (Å²) < 4.78 is 0. The molecule has 2 aromatic rings. The molecule has 0 radical (unpaired) electrons. The lowest BCUT2D eigenvalue weighted by Gasteiger charge is -2.13. The number of hydrogen-bond acceptors (Lipinski definition) is 3. The number of carbonyl (C=O) groups is 1. The molecule has 4 N–H and O–H groups in total. The van der Waals surface area contributed by atoms with E-state index < -0.39 is 0 Å². The van der Waals surface area contributed by atoms with E-state index in [0.29, 0.717) is 12.6 Å². The van der Waals surface area contributed by atoms with Crippen LogP contribution in [0, 0.1) is 0 Å². The van der Waals surface area contributed by atoms with E-state index in [-0.39, 0.29) is 6.03 Å². The highest BCUT2D eigenvalue weighted by atomic mass is 16.2. The van der Waals surface area contributed by atoms with Gasteiger partial charge in [0.15, 0.2) is 0 Å². The van der Waals surface area contributed by atoms with E-state index in [1.165, 1.54) is 5.56 Å². The van der Waals surface area contributed by atoms with Crippen LogP contribution >= 0.6 is 0 Å². The molecular weight excluding hydrogens is 266 g/mol. The zero-order valence-corrected chi connectivity index (χ0v) is 12.3. The van der Waals surface area contributed by atoms with Crippen molar-refractivity contribution in [3.05, 3.63) is 47.8 Å². The average Bonchev–Trinajstić information content (AvgIpc) is 2.99. The summed E-state index contributed by atoms with van der Waals surface area (Å²) in [6.07, 6.45) is 3.42. The lowest BCUT2D eigenvalue weighted by molar-refractivity contribution is 0.251. The minimum atomic E-state index is -0.233. The van der Waals surface area contributed by atoms with Gasteiger partial charge in [0.2, 0.25) is 0 Å². The summed E-state index contributed by atoms with van der Waals surface area (Å²) in [5, 5.41) is 15.4. The van der Waals surface area contributed by atoms with Gasteiger partial charge in [-0.05, 0) is 31.2 Å². The van der Waals surface area contributed by atoms with Gasteiger partial charge in [-0.15, -0.1) is 0 Å². The SMILES string of the molecule is CCNC(C)c1ccc(NC(=O)NCc2cn[nH]c2)cc1. The Bertz CT molecular complexity index is 550. The topological polar surface area (TPSA) is 81.8 Å². The molecule has 0 saturated heterocycles. The van der Waals surface area contributed by atoms with Crippen LogP contribution in [0.1, 0.15) is 31.0 Å². The summed E-state index contributed by atoms with van der Waals surface area (Å²) in [5.41, 5.74) is 2.90. The summed E-state index contributed by atoms with van der Waals surface area (Å²) in [6, 6.07) is 7.90. The Morgan fingerprint density at radius 3 is 2.71 bits per heavy atom. The molecule has 2 amide bonds. The zero-order valence-electron chi connectivity index (χ0n) is 12.3. The average molecular weight is 287 g/mol. The Morgan fingerprint density at radius 1 is 1.33 bits per heavy atom. The van der Waals surface area contributed by atoms with Gasteiger partial charge < -0.3 is 16.0 Å². The first-order valence-electron chi connectivity index (χ1n) is 7.05. The first-order valence-corrected chi connectivity index (χ1v) is 7.05. The lowest BCUT2D eigenvalue weighted by atomic mass is 10.1. The van der Waals surface area contributed by atoms with Crippen molar-refractivity contribution in [3.8, 4) is 0 Å². The van der Waals surface area contributed by atoms with Crippen molar-refractivity contribution in [3.63, 3.8) is 0 Å². The van der Waals surface area contributed by atoms with Crippen molar-refractivity contribution in [2.75, 3.05) is 11.9 Å². The van der Waals surface area contributed by atoms with Crippen LogP contribution in [0.4, 0.5) is 10.5 Å². The summed E-state index contributed by atoms with van der Waals surface area (Å²) in [4.78, 5) is 11.8. The number of aromatic amines is 1. The number of benzene rings is 1. The third kappa shape index (κ3) is 4.61. The highest BCUT2D eigenvalue weighted by Crippen LogP contribution is 2.15. The Morgan fingerprint density at radius 2 is 2.10 bits per heavy atom. The summed E-state index contributed by atoms with van der Waals surface area (Å²) in [5.74, 6) is 0. The molecular formula is C15H21N5O. The van der Waals surface area contributed by atoms with E-state index in [2.05, 4.69) is 40.0 Å². The molecule has 1 unspecified atom stereocenters. The van der Waals surface area contributed by atoms with E-state index in [1.807, 2.05) is 24.3 Å². The van der Waals surface area contributed by atoms with Crippen molar-refractivity contribution in [2.45, 2.75) is 26.4 Å². The van der Waals surface area contributed by atoms with Crippen molar-refractivity contribution in [1.82, 2.24) is 20.8 Å². The van der Waals surface area contributed by atoms with Gasteiger partial charge in [0.25, 0.3) is 0 Å². The fourth-order valence-corrected chi connectivity index (χ4v) is 2.01. The number of carbonyl (C=O) groups excluding carboxylic acids is 1. The minimum absolute atomic E-state index is 0.233. The highest BCUT2D eigenvalue weighted by Gasteiger charge is 2.05. The van der Waals surface area contributed by atoms with Crippen LogP contribution in [0.25, 0.3) is 0 Å². The lowest BCUT2D eigenvalue weighted by Crippen LogP contribution is -2.28. The smallest absolute Gasteiger partial charge is 0.319 e. The van der Waals surface area contributed by atoms with Gasteiger partial charge >= 0.3 is 6.03 Å². The molecule has 0 aliphatic carbocycles. The fraction of sp³-hybridized carbons (Fsp3) is 0.333. The Hall–Kier alpha value is -2.34. The van der Waals surface area contributed by atoms with Crippen LogP contribution in [-0.4, -0.2) is 22.8 Å². The monoisotopic (exact) mass is 287 g/mol. The Balaban J connectivity index is 1.83. The molecule has 0 saturated carbocycles. The molecule has 112 valence electrons. The number of rotatable bonds is 6. The summed E-state index contributed by atoms with van der Waals surface area (Å²) in [6.45, 7) is 5.57. The number of urea groups is 1. The standard InChI is InChI=1S/C15H21N5O/c1-3-16-11(2)13-4-6-14(7-5-13)20-15(21)17-8-12-9-18-19-10-12/h4-7,9-11,16H,3,8H2,1-2H3,(H,18,19)(H2,17,20,21). The normalized spacial score (nSPS) is 11.9. The van der Waals surface area contributed by atoms with E-state index in [4.69, 9.17) is 0 Å². The first-order chi connectivity index (χ1) is 10.2. The molecule has 2 rings (SSSR count). The van der Waals surface area contributed by atoms with Crippen LogP contribution in [0.15, 0.2) is 36.7 Å². The molecule has 21 heavy (non-hydrogen) atoms. The third-order valence-corrected chi connectivity index (χ3v) is 3.19. The fourth-order valence-electron chi connectivity index (χ4n) is 2.01. The maximum absolute atomic E-state index is 11.8. The number of nitrogens with zero attached hydrogens (tertiary/aromatic N) is 1. The predicted molar refractivity (Wildman–Crippen MR) is 83.0 cm³/mol. The summed E-state index contributed by atoms with van der Waals surface area (Å²) >= 11 is 0.